The molecule has 5 nitrogen and oxygen atoms in total. The van der Waals surface area contributed by atoms with Crippen LogP contribution in [0.3, 0.4) is 0 Å². The summed E-state index contributed by atoms with van der Waals surface area (Å²) in [6.45, 7) is 2.49. The molecule has 5 heteroatoms. The van der Waals surface area contributed by atoms with Crippen LogP contribution in [-0.2, 0) is 0 Å². The van der Waals surface area contributed by atoms with Crippen molar-refractivity contribution in [3.8, 4) is 11.4 Å². The predicted octanol–water partition coefficient (Wildman–Crippen LogP) is 2.20. The highest BCUT2D eigenvalue weighted by Gasteiger charge is 2.17. The van der Waals surface area contributed by atoms with Crippen LogP contribution in [-0.4, -0.2) is 26.8 Å². The van der Waals surface area contributed by atoms with E-state index in [0.717, 1.165) is 11.1 Å². The molecule has 2 aromatic carbocycles. The molecule has 3 rings (SSSR count). The summed E-state index contributed by atoms with van der Waals surface area (Å²) in [7, 11) is 0. The molecular weight excluding hydrogens is 262 g/mol. The van der Waals surface area contributed by atoms with Gasteiger partial charge in [0.25, 0.3) is 0 Å². The topological polar surface area (TPSA) is 69.6 Å². The van der Waals surface area contributed by atoms with Gasteiger partial charge in [-0.25, -0.2) is 0 Å². The Kier molecular flexibility index (Phi) is 3.75. The van der Waals surface area contributed by atoms with Crippen LogP contribution in [0.15, 0.2) is 54.6 Å². The third-order valence-corrected chi connectivity index (χ3v) is 3.51. The van der Waals surface area contributed by atoms with E-state index in [1.54, 1.807) is 4.80 Å². The second-order valence-electron chi connectivity index (χ2n) is 4.91. The van der Waals surface area contributed by atoms with Crippen LogP contribution in [0, 0.1) is 6.92 Å². The zero-order valence-electron chi connectivity index (χ0n) is 11.8. The highest BCUT2D eigenvalue weighted by molar-refractivity contribution is 5.53. The van der Waals surface area contributed by atoms with Crippen LogP contribution < -0.4 is 5.73 Å². The molecule has 3 aromatic rings. The summed E-state index contributed by atoms with van der Waals surface area (Å²) in [6, 6.07) is 17.8. The molecule has 0 aliphatic rings. The molecular formula is C16H17N5. The van der Waals surface area contributed by atoms with E-state index in [2.05, 4.69) is 34.5 Å². The van der Waals surface area contributed by atoms with E-state index in [1.807, 2.05) is 42.5 Å². The van der Waals surface area contributed by atoms with Crippen LogP contribution in [0.1, 0.15) is 17.2 Å². The standard InChI is InChI=1S/C16H17N5/c1-12-7-5-6-10-14(12)15(11-17)21-19-16(18-20-21)13-8-3-2-4-9-13/h2-10,15H,11,17H2,1H3. The van der Waals surface area contributed by atoms with Crippen molar-refractivity contribution in [1.82, 2.24) is 20.2 Å². The summed E-state index contributed by atoms with van der Waals surface area (Å²) >= 11 is 0. The monoisotopic (exact) mass is 279 g/mol. The van der Waals surface area contributed by atoms with E-state index in [-0.39, 0.29) is 6.04 Å². The Hall–Kier alpha value is -2.53. The molecule has 0 saturated carbocycles. The molecule has 1 aromatic heterocycles. The third-order valence-electron chi connectivity index (χ3n) is 3.51. The van der Waals surface area contributed by atoms with E-state index in [4.69, 9.17) is 5.73 Å². The molecule has 1 unspecified atom stereocenters. The molecule has 21 heavy (non-hydrogen) atoms. The van der Waals surface area contributed by atoms with E-state index in [9.17, 15) is 0 Å². The van der Waals surface area contributed by atoms with Gasteiger partial charge in [-0.3, -0.25) is 0 Å². The minimum atomic E-state index is -0.101. The molecule has 1 heterocycles. The minimum Gasteiger partial charge on any atom is -0.328 e. The van der Waals surface area contributed by atoms with Crippen molar-refractivity contribution in [2.45, 2.75) is 13.0 Å². The maximum Gasteiger partial charge on any atom is 0.204 e. The summed E-state index contributed by atoms with van der Waals surface area (Å²) < 4.78 is 0. The molecule has 0 aliphatic carbocycles. The average molecular weight is 279 g/mol. The van der Waals surface area contributed by atoms with Gasteiger partial charge in [0, 0.05) is 12.1 Å². The highest BCUT2D eigenvalue weighted by Crippen LogP contribution is 2.20. The first-order chi connectivity index (χ1) is 10.3. The quantitative estimate of drug-likeness (QED) is 0.795. The molecule has 0 bridgehead atoms. The zero-order valence-corrected chi connectivity index (χ0v) is 11.8. The first-order valence-corrected chi connectivity index (χ1v) is 6.90. The van der Waals surface area contributed by atoms with Crippen molar-refractivity contribution < 1.29 is 0 Å². The Bertz CT molecular complexity index is 720. The van der Waals surface area contributed by atoms with Crippen LogP contribution in [0.5, 0.6) is 0 Å². The number of nitrogens with two attached hydrogens (primary N) is 1. The SMILES string of the molecule is Cc1ccccc1C(CN)n1nnc(-c2ccccc2)n1. The van der Waals surface area contributed by atoms with Gasteiger partial charge in [0.2, 0.25) is 5.82 Å². The highest BCUT2D eigenvalue weighted by atomic mass is 15.6. The van der Waals surface area contributed by atoms with Crippen molar-refractivity contribution >= 4 is 0 Å². The molecule has 0 amide bonds. The predicted molar refractivity (Wildman–Crippen MR) is 81.6 cm³/mol. The van der Waals surface area contributed by atoms with Crippen LogP contribution in [0.4, 0.5) is 0 Å². The summed E-state index contributed by atoms with van der Waals surface area (Å²) in [5, 5.41) is 12.8. The van der Waals surface area contributed by atoms with E-state index >= 15 is 0 Å². The molecule has 0 spiro atoms. The maximum absolute atomic E-state index is 5.93. The largest absolute Gasteiger partial charge is 0.328 e. The van der Waals surface area contributed by atoms with Crippen LogP contribution in [0.2, 0.25) is 0 Å². The summed E-state index contributed by atoms with van der Waals surface area (Å²) in [4.78, 5) is 1.60. The third kappa shape index (κ3) is 2.68. The molecule has 0 aliphatic heterocycles. The zero-order chi connectivity index (χ0) is 14.7. The molecule has 106 valence electrons. The molecule has 1 atom stereocenters. The minimum absolute atomic E-state index is 0.101. The molecule has 2 N–H and O–H groups in total. The van der Waals surface area contributed by atoms with Gasteiger partial charge in [-0.1, -0.05) is 54.6 Å². The smallest absolute Gasteiger partial charge is 0.204 e. The van der Waals surface area contributed by atoms with Gasteiger partial charge in [0.05, 0.1) is 0 Å². The molecule has 0 fully saturated rings. The summed E-state index contributed by atoms with van der Waals surface area (Å²) in [6.07, 6.45) is 0. The van der Waals surface area contributed by atoms with Gasteiger partial charge >= 0.3 is 0 Å². The lowest BCUT2D eigenvalue weighted by atomic mass is 10.0. The number of aryl methyl sites for hydroxylation is 1. The lowest BCUT2D eigenvalue weighted by molar-refractivity contribution is 0.456. The molecule has 0 saturated heterocycles. The summed E-state index contributed by atoms with van der Waals surface area (Å²) in [5.41, 5.74) is 9.17. The Morgan fingerprint density at radius 3 is 2.48 bits per heavy atom. The number of rotatable bonds is 4. The van der Waals surface area contributed by atoms with Gasteiger partial charge in [0.15, 0.2) is 0 Å². The van der Waals surface area contributed by atoms with Crippen molar-refractivity contribution in [3.63, 3.8) is 0 Å². The first kappa shape index (κ1) is 13.5. The van der Waals surface area contributed by atoms with E-state index < -0.39 is 0 Å². The van der Waals surface area contributed by atoms with Gasteiger partial charge in [-0.2, -0.15) is 4.80 Å². The van der Waals surface area contributed by atoms with E-state index in [0.29, 0.717) is 12.4 Å². The van der Waals surface area contributed by atoms with Crippen molar-refractivity contribution in [2.75, 3.05) is 6.54 Å². The fraction of sp³-hybridized carbons (Fsp3) is 0.188. The Balaban J connectivity index is 1.96. The fourth-order valence-corrected chi connectivity index (χ4v) is 2.37. The normalized spacial score (nSPS) is 12.3. The second-order valence-corrected chi connectivity index (χ2v) is 4.91. The van der Waals surface area contributed by atoms with Crippen molar-refractivity contribution in [3.05, 3.63) is 65.7 Å². The Morgan fingerprint density at radius 2 is 1.76 bits per heavy atom. The number of hydrogen-bond donors (Lipinski definition) is 1. The number of benzene rings is 2. The van der Waals surface area contributed by atoms with E-state index in [1.165, 1.54) is 5.56 Å². The average Bonchev–Trinajstić information content (AvgIpc) is 3.00. The van der Waals surface area contributed by atoms with Gasteiger partial charge < -0.3 is 5.73 Å². The second kappa shape index (κ2) is 5.85. The Labute approximate surface area is 123 Å². The number of hydrogen-bond acceptors (Lipinski definition) is 4. The molecule has 0 radical (unpaired) electrons. The number of tetrazole rings is 1. The number of nitrogens with zero attached hydrogens (tertiary/aromatic N) is 4. The lowest BCUT2D eigenvalue weighted by Gasteiger charge is -2.15. The fourth-order valence-electron chi connectivity index (χ4n) is 2.37. The maximum atomic E-state index is 5.93. The lowest BCUT2D eigenvalue weighted by Crippen LogP contribution is -2.23. The van der Waals surface area contributed by atoms with Gasteiger partial charge in [-0.05, 0) is 23.3 Å². The first-order valence-electron chi connectivity index (χ1n) is 6.90. The van der Waals surface area contributed by atoms with Crippen LogP contribution >= 0.6 is 0 Å². The van der Waals surface area contributed by atoms with Gasteiger partial charge in [0.1, 0.15) is 6.04 Å². The van der Waals surface area contributed by atoms with Crippen LogP contribution in [0.25, 0.3) is 11.4 Å². The van der Waals surface area contributed by atoms with Crippen molar-refractivity contribution in [2.24, 2.45) is 5.73 Å². The Morgan fingerprint density at radius 1 is 1.05 bits per heavy atom. The van der Waals surface area contributed by atoms with Crippen molar-refractivity contribution in [1.29, 1.82) is 0 Å². The van der Waals surface area contributed by atoms with Gasteiger partial charge in [-0.15, -0.1) is 10.2 Å². The number of aromatic nitrogens is 4. The summed E-state index contributed by atoms with van der Waals surface area (Å²) in [5.74, 6) is 0.614.